The molecule has 0 unspecified atom stereocenters. The molecule has 1 amide bonds. The number of aromatic nitrogens is 3. The van der Waals surface area contributed by atoms with E-state index in [4.69, 9.17) is 5.84 Å². The summed E-state index contributed by atoms with van der Waals surface area (Å²) in [6, 6.07) is 5.30. The molecule has 0 aliphatic rings. The number of rotatable bonds is 5. The SMILES string of the molecule is CCc1cc(C(=O)Nc2ccnn2C(C)C)cc(NN)n1. The van der Waals surface area contributed by atoms with Crippen LogP contribution < -0.4 is 16.6 Å². The van der Waals surface area contributed by atoms with E-state index < -0.39 is 0 Å². The topological polar surface area (TPSA) is 97.9 Å². The first kappa shape index (κ1) is 15.0. The van der Waals surface area contributed by atoms with Crippen molar-refractivity contribution in [1.82, 2.24) is 14.8 Å². The van der Waals surface area contributed by atoms with Crippen molar-refractivity contribution in [2.24, 2.45) is 5.84 Å². The summed E-state index contributed by atoms with van der Waals surface area (Å²) in [5.74, 6) is 6.30. The normalized spacial score (nSPS) is 10.7. The third-order valence-corrected chi connectivity index (χ3v) is 3.05. The number of carbonyl (C=O) groups excluding carboxylic acids is 1. The van der Waals surface area contributed by atoms with E-state index in [0.717, 1.165) is 12.1 Å². The van der Waals surface area contributed by atoms with Crippen LogP contribution in [0.15, 0.2) is 24.4 Å². The molecule has 0 atom stereocenters. The van der Waals surface area contributed by atoms with Crippen LogP contribution >= 0.6 is 0 Å². The van der Waals surface area contributed by atoms with Crippen molar-refractivity contribution >= 4 is 17.5 Å². The van der Waals surface area contributed by atoms with Crippen molar-refractivity contribution in [3.05, 3.63) is 35.7 Å². The Kier molecular flexibility index (Phi) is 4.54. The minimum absolute atomic E-state index is 0.167. The number of nitrogens with one attached hydrogen (secondary N) is 2. The number of hydrazine groups is 1. The number of hydrogen-bond donors (Lipinski definition) is 3. The molecule has 7 heteroatoms. The third kappa shape index (κ3) is 3.38. The molecule has 0 aromatic carbocycles. The fourth-order valence-corrected chi connectivity index (χ4v) is 1.99. The zero-order valence-corrected chi connectivity index (χ0v) is 12.4. The lowest BCUT2D eigenvalue weighted by Crippen LogP contribution is -2.18. The van der Waals surface area contributed by atoms with Crippen molar-refractivity contribution in [2.45, 2.75) is 33.2 Å². The zero-order valence-electron chi connectivity index (χ0n) is 12.4. The van der Waals surface area contributed by atoms with Gasteiger partial charge in [-0.15, -0.1) is 0 Å². The van der Waals surface area contributed by atoms with Crippen LogP contribution in [0.1, 0.15) is 42.9 Å². The number of nitrogens with zero attached hydrogens (tertiary/aromatic N) is 3. The van der Waals surface area contributed by atoms with Gasteiger partial charge >= 0.3 is 0 Å². The molecule has 0 spiro atoms. The van der Waals surface area contributed by atoms with Crippen LogP contribution in [-0.4, -0.2) is 20.7 Å². The highest BCUT2D eigenvalue weighted by Crippen LogP contribution is 2.16. The molecule has 0 aliphatic heterocycles. The Labute approximate surface area is 123 Å². The summed E-state index contributed by atoms with van der Waals surface area (Å²) in [4.78, 5) is 16.6. The average Bonchev–Trinajstić information content (AvgIpc) is 2.94. The van der Waals surface area contributed by atoms with Gasteiger partial charge in [-0.05, 0) is 32.4 Å². The van der Waals surface area contributed by atoms with Crippen LogP contribution in [0.3, 0.4) is 0 Å². The number of nitrogen functional groups attached to an aromatic ring is 1. The second-order valence-corrected chi connectivity index (χ2v) is 4.94. The van der Waals surface area contributed by atoms with Crippen molar-refractivity contribution in [2.75, 3.05) is 10.7 Å². The van der Waals surface area contributed by atoms with Gasteiger partial charge in [0.2, 0.25) is 0 Å². The van der Waals surface area contributed by atoms with Gasteiger partial charge in [-0.1, -0.05) is 6.92 Å². The van der Waals surface area contributed by atoms with Gasteiger partial charge in [-0.3, -0.25) is 4.79 Å². The lowest BCUT2D eigenvalue weighted by Gasteiger charge is -2.12. The van der Waals surface area contributed by atoms with Crippen molar-refractivity contribution in [1.29, 1.82) is 0 Å². The van der Waals surface area contributed by atoms with Crippen LogP contribution in [0.5, 0.6) is 0 Å². The van der Waals surface area contributed by atoms with E-state index in [1.54, 1.807) is 29.1 Å². The van der Waals surface area contributed by atoms with E-state index in [-0.39, 0.29) is 11.9 Å². The summed E-state index contributed by atoms with van der Waals surface area (Å²) in [6.07, 6.45) is 2.38. The van der Waals surface area contributed by atoms with Gasteiger partial charge in [0.15, 0.2) is 0 Å². The third-order valence-electron chi connectivity index (χ3n) is 3.05. The molecule has 2 aromatic heterocycles. The Morgan fingerprint density at radius 2 is 2.19 bits per heavy atom. The van der Waals surface area contributed by atoms with E-state index in [2.05, 4.69) is 20.8 Å². The quantitative estimate of drug-likeness (QED) is 0.577. The fourth-order valence-electron chi connectivity index (χ4n) is 1.99. The first-order chi connectivity index (χ1) is 10.0. The minimum Gasteiger partial charge on any atom is -0.308 e. The van der Waals surface area contributed by atoms with E-state index in [1.807, 2.05) is 20.8 Å². The molecule has 0 radical (unpaired) electrons. The van der Waals surface area contributed by atoms with E-state index in [1.165, 1.54) is 0 Å². The number of carbonyl (C=O) groups is 1. The predicted octanol–water partition coefficient (Wildman–Crippen LogP) is 1.96. The Balaban J connectivity index is 2.26. The molecular weight excluding hydrogens is 268 g/mol. The Hall–Kier alpha value is -2.41. The molecule has 2 heterocycles. The van der Waals surface area contributed by atoms with Crippen LogP contribution in [0.2, 0.25) is 0 Å². The highest BCUT2D eigenvalue weighted by atomic mass is 16.1. The summed E-state index contributed by atoms with van der Waals surface area (Å²) in [5, 5.41) is 7.04. The van der Waals surface area contributed by atoms with Gasteiger partial charge in [-0.2, -0.15) is 5.10 Å². The molecule has 0 bridgehead atoms. The van der Waals surface area contributed by atoms with Gasteiger partial charge < -0.3 is 10.7 Å². The van der Waals surface area contributed by atoms with Gasteiger partial charge in [0.05, 0.1) is 6.20 Å². The highest BCUT2D eigenvalue weighted by Gasteiger charge is 2.13. The number of anilines is 2. The first-order valence-corrected chi connectivity index (χ1v) is 6.87. The lowest BCUT2D eigenvalue weighted by atomic mass is 10.2. The Morgan fingerprint density at radius 3 is 2.81 bits per heavy atom. The zero-order chi connectivity index (χ0) is 15.4. The van der Waals surface area contributed by atoms with Crippen LogP contribution in [0, 0.1) is 0 Å². The summed E-state index contributed by atoms with van der Waals surface area (Å²) in [7, 11) is 0. The summed E-state index contributed by atoms with van der Waals surface area (Å²) in [5.41, 5.74) is 3.78. The average molecular weight is 288 g/mol. The van der Waals surface area contributed by atoms with Crippen molar-refractivity contribution < 1.29 is 4.79 Å². The molecule has 21 heavy (non-hydrogen) atoms. The Morgan fingerprint density at radius 1 is 1.43 bits per heavy atom. The molecule has 0 saturated carbocycles. The largest absolute Gasteiger partial charge is 0.308 e. The van der Waals surface area contributed by atoms with Gasteiger partial charge in [0.1, 0.15) is 11.6 Å². The minimum atomic E-state index is -0.217. The molecule has 7 nitrogen and oxygen atoms in total. The molecule has 112 valence electrons. The van der Waals surface area contributed by atoms with Crippen LogP contribution in [0.4, 0.5) is 11.6 Å². The maximum Gasteiger partial charge on any atom is 0.257 e. The molecule has 2 rings (SSSR count). The fraction of sp³-hybridized carbons (Fsp3) is 0.357. The monoisotopic (exact) mass is 288 g/mol. The smallest absolute Gasteiger partial charge is 0.257 e. The summed E-state index contributed by atoms with van der Waals surface area (Å²) in [6.45, 7) is 5.97. The van der Waals surface area contributed by atoms with Crippen LogP contribution in [0.25, 0.3) is 0 Å². The van der Waals surface area contributed by atoms with Crippen molar-refractivity contribution in [3.8, 4) is 0 Å². The number of pyridine rings is 1. The second-order valence-electron chi connectivity index (χ2n) is 4.94. The second kappa shape index (κ2) is 6.36. The van der Waals surface area contributed by atoms with E-state index in [0.29, 0.717) is 17.2 Å². The van der Waals surface area contributed by atoms with Crippen molar-refractivity contribution in [3.63, 3.8) is 0 Å². The van der Waals surface area contributed by atoms with Gasteiger partial charge in [0.25, 0.3) is 5.91 Å². The van der Waals surface area contributed by atoms with Gasteiger partial charge in [0, 0.05) is 23.4 Å². The van der Waals surface area contributed by atoms with E-state index in [9.17, 15) is 4.79 Å². The molecule has 0 fully saturated rings. The highest BCUT2D eigenvalue weighted by molar-refractivity contribution is 6.04. The maximum absolute atomic E-state index is 12.4. The molecular formula is C14H20N6O. The predicted molar refractivity (Wildman–Crippen MR) is 82.0 cm³/mol. The molecule has 2 aromatic rings. The number of nitrogens with two attached hydrogens (primary N) is 1. The standard InChI is InChI=1S/C14H20N6O/c1-4-11-7-10(8-12(17-11)19-15)14(21)18-13-5-6-16-20(13)9(2)3/h5-9H,4,15H2,1-3H3,(H,17,19)(H,18,21). The number of amides is 1. The molecule has 4 N–H and O–H groups in total. The first-order valence-electron chi connectivity index (χ1n) is 6.87. The molecule has 0 aliphatic carbocycles. The summed E-state index contributed by atoms with van der Waals surface area (Å²) < 4.78 is 1.75. The number of aryl methyl sites for hydroxylation is 1. The maximum atomic E-state index is 12.4. The van der Waals surface area contributed by atoms with Gasteiger partial charge in [-0.25, -0.2) is 15.5 Å². The Bertz CT molecular complexity index is 612. The lowest BCUT2D eigenvalue weighted by molar-refractivity contribution is 0.102. The van der Waals surface area contributed by atoms with Crippen LogP contribution in [-0.2, 0) is 6.42 Å². The van der Waals surface area contributed by atoms with E-state index >= 15 is 0 Å². The molecule has 0 saturated heterocycles. The number of hydrogen-bond acceptors (Lipinski definition) is 5. The summed E-state index contributed by atoms with van der Waals surface area (Å²) >= 11 is 0.